The van der Waals surface area contributed by atoms with Crippen molar-refractivity contribution in [2.75, 3.05) is 45.8 Å². The zero-order valence-electron chi connectivity index (χ0n) is 21.6. The van der Waals surface area contributed by atoms with Crippen LogP contribution in [0.25, 0.3) is 0 Å². The van der Waals surface area contributed by atoms with Crippen molar-refractivity contribution in [2.45, 2.75) is 76.9 Å². The van der Waals surface area contributed by atoms with E-state index in [2.05, 4.69) is 38.4 Å². The number of carbonyl (C=O) groups excluding carboxylic acids is 2. The molecular formula is C28H43N5O2. The maximum atomic E-state index is 13.7. The summed E-state index contributed by atoms with van der Waals surface area (Å²) < 4.78 is 0. The lowest BCUT2D eigenvalue weighted by molar-refractivity contribution is -0.133. The van der Waals surface area contributed by atoms with Crippen LogP contribution in [-0.4, -0.2) is 100 Å². The fourth-order valence-electron chi connectivity index (χ4n) is 7.36. The molecule has 0 N–H and O–H groups in total. The van der Waals surface area contributed by atoms with Crippen LogP contribution in [0, 0.1) is 11.8 Å². The van der Waals surface area contributed by atoms with E-state index in [1.807, 2.05) is 12.1 Å². The molecule has 5 heterocycles. The van der Waals surface area contributed by atoms with Gasteiger partial charge < -0.3 is 9.80 Å². The van der Waals surface area contributed by atoms with Crippen LogP contribution in [-0.2, 0) is 4.79 Å². The predicted molar refractivity (Wildman–Crippen MR) is 137 cm³/mol. The van der Waals surface area contributed by atoms with E-state index in [1.165, 1.54) is 38.8 Å². The summed E-state index contributed by atoms with van der Waals surface area (Å²) >= 11 is 0. The minimum atomic E-state index is 0.125. The highest BCUT2D eigenvalue weighted by atomic mass is 16.2. The van der Waals surface area contributed by atoms with E-state index >= 15 is 0 Å². The SMILES string of the molecule is CC(C)N1CCN(C(=O)CCC[C@@H]2[C@H]3CCCN4CCC[C@@H](CN2C(=O)c2cccnc2)[C@@H]34)CC1. The van der Waals surface area contributed by atoms with Crippen molar-refractivity contribution in [1.82, 2.24) is 24.6 Å². The number of carbonyl (C=O) groups is 2. The van der Waals surface area contributed by atoms with Crippen LogP contribution in [0.5, 0.6) is 0 Å². The maximum absolute atomic E-state index is 13.7. The minimum Gasteiger partial charge on any atom is -0.340 e. The number of rotatable bonds is 6. The first-order chi connectivity index (χ1) is 17.0. The van der Waals surface area contributed by atoms with Crippen molar-refractivity contribution in [1.29, 1.82) is 0 Å². The quantitative estimate of drug-likeness (QED) is 0.625. The zero-order valence-corrected chi connectivity index (χ0v) is 21.6. The largest absolute Gasteiger partial charge is 0.340 e. The molecule has 7 nitrogen and oxygen atoms in total. The fraction of sp³-hybridized carbons (Fsp3) is 0.750. The van der Waals surface area contributed by atoms with E-state index in [4.69, 9.17) is 0 Å². The van der Waals surface area contributed by atoms with Crippen LogP contribution in [0.4, 0.5) is 0 Å². The Balaban J connectivity index is 1.26. The van der Waals surface area contributed by atoms with Gasteiger partial charge >= 0.3 is 0 Å². The second-order valence-electron chi connectivity index (χ2n) is 11.4. The molecule has 7 heteroatoms. The van der Waals surface area contributed by atoms with Gasteiger partial charge in [0.15, 0.2) is 0 Å². The molecule has 4 aliphatic rings. The molecule has 4 atom stereocenters. The van der Waals surface area contributed by atoms with Crippen LogP contribution < -0.4 is 0 Å². The molecule has 0 aliphatic carbocycles. The van der Waals surface area contributed by atoms with E-state index in [9.17, 15) is 9.59 Å². The third-order valence-electron chi connectivity index (χ3n) is 9.13. The van der Waals surface area contributed by atoms with Gasteiger partial charge in [-0.1, -0.05) is 0 Å². The number of piperazine rings is 1. The number of likely N-dealkylation sites (tertiary alicyclic amines) is 1. The van der Waals surface area contributed by atoms with Crippen LogP contribution in [0.3, 0.4) is 0 Å². The Kier molecular flexibility index (Phi) is 7.73. The summed E-state index contributed by atoms with van der Waals surface area (Å²) in [5.74, 6) is 1.51. The van der Waals surface area contributed by atoms with Crippen LogP contribution in [0.15, 0.2) is 24.5 Å². The molecule has 0 saturated carbocycles. The molecule has 4 saturated heterocycles. The fourth-order valence-corrected chi connectivity index (χ4v) is 7.36. The average molecular weight is 482 g/mol. The normalized spacial score (nSPS) is 29.8. The number of hydrogen-bond acceptors (Lipinski definition) is 5. The lowest BCUT2D eigenvalue weighted by Gasteiger charge is -2.57. The summed E-state index contributed by atoms with van der Waals surface area (Å²) in [7, 11) is 0. The Bertz CT molecular complexity index is 867. The van der Waals surface area contributed by atoms with Gasteiger partial charge in [-0.05, 0) is 89.4 Å². The molecule has 4 fully saturated rings. The van der Waals surface area contributed by atoms with Crippen LogP contribution in [0.2, 0.25) is 0 Å². The first-order valence-electron chi connectivity index (χ1n) is 14.0. The third-order valence-corrected chi connectivity index (χ3v) is 9.13. The van der Waals surface area contributed by atoms with E-state index in [1.54, 1.807) is 12.4 Å². The van der Waals surface area contributed by atoms with Crippen molar-refractivity contribution >= 4 is 11.8 Å². The first kappa shape index (κ1) is 24.7. The highest BCUT2D eigenvalue weighted by molar-refractivity contribution is 5.94. The van der Waals surface area contributed by atoms with Gasteiger partial charge in [-0.25, -0.2) is 0 Å². The molecule has 1 aromatic heterocycles. The van der Waals surface area contributed by atoms with E-state index in [0.29, 0.717) is 35.9 Å². The first-order valence-corrected chi connectivity index (χ1v) is 14.0. The number of amides is 2. The number of pyridine rings is 1. The van der Waals surface area contributed by atoms with Gasteiger partial charge in [0, 0.05) is 69.7 Å². The monoisotopic (exact) mass is 481 g/mol. The highest BCUT2D eigenvalue weighted by Crippen LogP contribution is 2.43. The van der Waals surface area contributed by atoms with Gasteiger partial charge in [-0.15, -0.1) is 0 Å². The zero-order chi connectivity index (χ0) is 24.4. The minimum absolute atomic E-state index is 0.125. The summed E-state index contributed by atoms with van der Waals surface area (Å²) in [6.45, 7) is 11.3. The van der Waals surface area contributed by atoms with Gasteiger partial charge in [-0.2, -0.15) is 0 Å². The third kappa shape index (κ3) is 5.26. The van der Waals surface area contributed by atoms with Crippen molar-refractivity contribution in [3.05, 3.63) is 30.1 Å². The molecule has 5 rings (SSSR count). The second kappa shape index (κ2) is 11.0. The summed E-state index contributed by atoms with van der Waals surface area (Å²) in [4.78, 5) is 40.3. The van der Waals surface area contributed by atoms with Gasteiger partial charge in [0.05, 0.1) is 5.56 Å². The topological polar surface area (TPSA) is 60.0 Å². The molecule has 4 aliphatic heterocycles. The molecule has 0 radical (unpaired) electrons. The summed E-state index contributed by atoms with van der Waals surface area (Å²) in [5, 5.41) is 0. The lowest BCUT2D eigenvalue weighted by Crippen LogP contribution is -2.65. The lowest BCUT2D eigenvalue weighted by atomic mass is 9.69. The standard InChI is InChI=1S/C28H43N5O2/c1-21(2)30-15-17-31(18-16-30)26(34)11-3-10-25-24-9-6-14-32-13-5-8-23(27(24)32)20-33(25)28(35)22-7-4-12-29-19-22/h4,7,12,19,21,23-25,27H,3,5-6,8-11,13-18,20H2,1-2H3/t23-,24+,25+,27-/m0/s1. The van der Waals surface area contributed by atoms with Gasteiger partial charge in [-0.3, -0.25) is 24.4 Å². The van der Waals surface area contributed by atoms with E-state index < -0.39 is 0 Å². The van der Waals surface area contributed by atoms with Crippen molar-refractivity contribution in [3.63, 3.8) is 0 Å². The molecule has 2 amide bonds. The molecule has 1 aromatic rings. The Labute approximate surface area is 210 Å². The second-order valence-corrected chi connectivity index (χ2v) is 11.4. The number of hydrogen-bond donors (Lipinski definition) is 0. The number of piperidine rings is 3. The smallest absolute Gasteiger partial charge is 0.255 e. The number of aromatic nitrogens is 1. The van der Waals surface area contributed by atoms with E-state index in [0.717, 1.165) is 45.6 Å². The Morgan fingerprint density at radius 1 is 1.06 bits per heavy atom. The van der Waals surface area contributed by atoms with Gasteiger partial charge in [0.1, 0.15) is 0 Å². The average Bonchev–Trinajstić information content (AvgIpc) is 2.90. The van der Waals surface area contributed by atoms with Crippen molar-refractivity contribution < 1.29 is 9.59 Å². The molecule has 192 valence electrons. The van der Waals surface area contributed by atoms with Crippen molar-refractivity contribution in [3.8, 4) is 0 Å². The Morgan fingerprint density at radius 3 is 2.54 bits per heavy atom. The molecule has 0 spiro atoms. The predicted octanol–water partition coefficient (Wildman–Crippen LogP) is 3.12. The molecular weight excluding hydrogens is 438 g/mol. The Morgan fingerprint density at radius 2 is 1.83 bits per heavy atom. The molecule has 35 heavy (non-hydrogen) atoms. The van der Waals surface area contributed by atoms with Gasteiger partial charge in [0.25, 0.3) is 5.91 Å². The van der Waals surface area contributed by atoms with Crippen LogP contribution in [0.1, 0.15) is 69.2 Å². The van der Waals surface area contributed by atoms with Gasteiger partial charge in [0.2, 0.25) is 5.91 Å². The number of nitrogens with zero attached hydrogens (tertiary/aromatic N) is 5. The molecule has 0 unspecified atom stereocenters. The van der Waals surface area contributed by atoms with Crippen LogP contribution >= 0.6 is 0 Å². The maximum Gasteiger partial charge on any atom is 0.255 e. The highest BCUT2D eigenvalue weighted by Gasteiger charge is 2.49. The summed E-state index contributed by atoms with van der Waals surface area (Å²) in [6.07, 6.45) is 10.7. The molecule has 0 bridgehead atoms. The molecule has 0 aromatic carbocycles. The summed E-state index contributed by atoms with van der Waals surface area (Å²) in [5.41, 5.74) is 0.693. The van der Waals surface area contributed by atoms with E-state index in [-0.39, 0.29) is 17.9 Å². The summed E-state index contributed by atoms with van der Waals surface area (Å²) in [6, 6.07) is 5.12. The van der Waals surface area contributed by atoms with Crippen molar-refractivity contribution in [2.24, 2.45) is 11.8 Å². The Hall–Kier alpha value is -1.99.